The number of hydrogen-bond acceptors (Lipinski definition) is 8. The Morgan fingerprint density at radius 2 is 1.87 bits per heavy atom. The summed E-state index contributed by atoms with van der Waals surface area (Å²) >= 11 is 0. The molecule has 12 nitrogen and oxygen atoms in total. The molecule has 6 N–H and O–H groups in total. The lowest BCUT2D eigenvalue weighted by atomic mass is 10.0. The normalized spacial score (nSPS) is 11.6. The first-order valence-corrected chi connectivity index (χ1v) is 8.39. The van der Waals surface area contributed by atoms with Crippen LogP contribution in [0.25, 0.3) is 5.65 Å². The van der Waals surface area contributed by atoms with Crippen molar-refractivity contribution in [1.82, 2.24) is 19.9 Å². The number of esters is 1. The van der Waals surface area contributed by atoms with Gasteiger partial charge in [0.05, 0.1) is 24.6 Å². The van der Waals surface area contributed by atoms with E-state index >= 15 is 0 Å². The number of benzene rings is 1. The van der Waals surface area contributed by atoms with E-state index in [1.807, 2.05) is 0 Å². The van der Waals surface area contributed by atoms with Crippen molar-refractivity contribution in [2.45, 2.75) is 6.04 Å². The molecule has 154 valence electrons. The number of nitrogen functional groups attached to an aromatic ring is 1. The molecule has 0 aliphatic heterocycles. The van der Waals surface area contributed by atoms with E-state index < -0.39 is 29.8 Å². The molecule has 1 atom stereocenters. The van der Waals surface area contributed by atoms with Gasteiger partial charge in [0.2, 0.25) is 5.91 Å². The number of nitrogens with two attached hydrogens (primary N) is 2. The molecule has 3 rings (SSSR count). The highest BCUT2D eigenvalue weighted by atomic mass is 16.5. The Labute approximate surface area is 168 Å². The number of aromatic carboxylic acids is 1. The Morgan fingerprint density at radius 1 is 1.20 bits per heavy atom. The van der Waals surface area contributed by atoms with Gasteiger partial charge in [0, 0.05) is 6.07 Å². The summed E-state index contributed by atoms with van der Waals surface area (Å²) < 4.78 is 5.58. The van der Waals surface area contributed by atoms with Crippen molar-refractivity contribution in [3.8, 4) is 0 Å². The maximum absolute atomic E-state index is 12.7. The molecular formula is C18H16N6O6. The molecule has 0 aliphatic carbocycles. The van der Waals surface area contributed by atoms with Gasteiger partial charge in [-0.1, -0.05) is 12.1 Å². The second-order valence-corrected chi connectivity index (χ2v) is 6.09. The van der Waals surface area contributed by atoms with Crippen LogP contribution in [-0.4, -0.2) is 50.6 Å². The van der Waals surface area contributed by atoms with Crippen molar-refractivity contribution in [2.75, 3.05) is 12.8 Å². The number of amides is 2. The zero-order chi connectivity index (χ0) is 22.0. The van der Waals surface area contributed by atoms with Crippen LogP contribution < -0.4 is 16.8 Å². The maximum Gasteiger partial charge on any atom is 0.354 e. The lowest BCUT2D eigenvalue weighted by Gasteiger charge is -2.16. The molecule has 30 heavy (non-hydrogen) atoms. The Bertz CT molecular complexity index is 1170. The number of nitrogens with one attached hydrogen (secondary N) is 1. The summed E-state index contributed by atoms with van der Waals surface area (Å²) in [5.74, 6) is -3.67. The number of rotatable bonds is 6. The number of carbonyl (C=O) groups is 4. The van der Waals surface area contributed by atoms with E-state index in [2.05, 4.69) is 20.1 Å². The predicted molar refractivity (Wildman–Crippen MR) is 102 cm³/mol. The maximum atomic E-state index is 12.7. The van der Waals surface area contributed by atoms with Crippen LogP contribution in [0.4, 0.5) is 5.69 Å². The summed E-state index contributed by atoms with van der Waals surface area (Å²) in [6, 6.07) is 5.39. The van der Waals surface area contributed by atoms with Crippen LogP contribution in [0.5, 0.6) is 0 Å². The molecule has 0 spiro atoms. The fourth-order valence-corrected chi connectivity index (χ4v) is 2.70. The Balaban J connectivity index is 1.94. The Morgan fingerprint density at radius 3 is 2.43 bits per heavy atom. The van der Waals surface area contributed by atoms with Gasteiger partial charge in [-0.25, -0.2) is 19.1 Å². The van der Waals surface area contributed by atoms with Crippen LogP contribution in [0, 0.1) is 0 Å². The summed E-state index contributed by atoms with van der Waals surface area (Å²) in [7, 11) is 1.23. The number of ether oxygens (including phenoxy) is 1. The third kappa shape index (κ3) is 3.73. The minimum Gasteiger partial charge on any atom is -0.477 e. The van der Waals surface area contributed by atoms with E-state index in [1.54, 1.807) is 0 Å². The van der Waals surface area contributed by atoms with Gasteiger partial charge in [-0.2, -0.15) is 5.10 Å². The van der Waals surface area contributed by atoms with Crippen molar-refractivity contribution in [1.29, 1.82) is 0 Å². The van der Waals surface area contributed by atoms with Gasteiger partial charge in [-0.05, 0) is 17.7 Å². The van der Waals surface area contributed by atoms with Crippen molar-refractivity contribution < 1.29 is 29.0 Å². The molecule has 0 saturated heterocycles. The Kier molecular flexibility index (Phi) is 5.31. The molecule has 0 fully saturated rings. The Hall–Kier alpha value is -4.48. The molecule has 0 unspecified atom stereocenters. The van der Waals surface area contributed by atoms with E-state index in [0.717, 1.165) is 10.6 Å². The molecule has 0 aliphatic rings. The van der Waals surface area contributed by atoms with E-state index in [0.29, 0.717) is 5.56 Å². The first-order valence-electron chi connectivity index (χ1n) is 8.39. The SMILES string of the molecule is COC(=O)c1ccc([C@@H](NC(=O)c2cc(C(=O)O)n3ncc(N)c3n2)C(N)=O)cc1. The minimum atomic E-state index is -1.36. The van der Waals surface area contributed by atoms with Gasteiger partial charge in [-0.15, -0.1) is 0 Å². The summed E-state index contributed by atoms with van der Waals surface area (Å²) in [6.45, 7) is 0. The number of primary amides is 1. The molecule has 2 aromatic heterocycles. The fraction of sp³-hybridized carbons (Fsp3) is 0.111. The molecule has 3 aromatic rings. The van der Waals surface area contributed by atoms with Gasteiger partial charge < -0.3 is 26.6 Å². The van der Waals surface area contributed by atoms with E-state index in [4.69, 9.17) is 11.5 Å². The van der Waals surface area contributed by atoms with Crippen molar-refractivity contribution in [3.05, 3.63) is 59.0 Å². The highest BCUT2D eigenvalue weighted by Gasteiger charge is 2.24. The van der Waals surface area contributed by atoms with Gasteiger partial charge in [0.1, 0.15) is 11.7 Å². The van der Waals surface area contributed by atoms with Crippen LogP contribution in [0.3, 0.4) is 0 Å². The average molecular weight is 412 g/mol. The monoisotopic (exact) mass is 412 g/mol. The molecule has 0 radical (unpaired) electrons. The second-order valence-electron chi connectivity index (χ2n) is 6.09. The number of carboxylic acids is 1. The fourth-order valence-electron chi connectivity index (χ4n) is 2.70. The number of carbonyl (C=O) groups excluding carboxylic acids is 3. The number of aromatic nitrogens is 3. The number of nitrogens with zero attached hydrogens (tertiary/aromatic N) is 3. The third-order valence-electron chi connectivity index (χ3n) is 4.18. The quantitative estimate of drug-likeness (QED) is 0.395. The van der Waals surface area contributed by atoms with Crippen LogP contribution in [0.1, 0.15) is 42.9 Å². The van der Waals surface area contributed by atoms with E-state index in [1.165, 1.54) is 37.6 Å². The zero-order valence-electron chi connectivity index (χ0n) is 15.5. The second kappa shape index (κ2) is 7.87. The number of hydrogen-bond donors (Lipinski definition) is 4. The number of fused-ring (bicyclic) bond motifs is 1. The lowest BCUT2D eigenvalue weighted by molar-refractivity contribution is -0.120. The first-order chi connectivity index (χ1) is 14.2. The summed E-state index contributed by atoms with van der Waals surface area (Å²) in [6.07, 6.45) is 1.20. The summed E-state index contributed by atoms with van der Waals surface area (Å²) in [5.41, 5.74) is 11.1. The zero-order valence-corrected chi connectivity index (χ0v) is 15.5. The topological polar surface area (TPSA) is 192 Å². The highest BCUT2D eigenvalue weighted by molar-refractivity contribution is 5.99. The molecule has 2 amide bonds. The molecule has 0 bridgehead atoms. The third-order valence-corrected chi connectivity index (χ3v) is 4.18. The van der Waals surface area contributed by atoms with Gasteiger partial charge >= 0.3 is 11.9 Å². The van der Waals surface area contributed by atoms with E-state index in [9.17, 15) is 24.3 Å². The van der Waals surface area contributed by atoms with Crippen molar-refractivity contribution >= 4 is 35.1 Å². The van der Waals surface area contributed by atoms with Gasteiger partial charge in [0.15, 0.2) is 11.3 Å². The van der Waals surface area contributed by atoms with Gasteiger partial charge in [-0.3, -0.25) is 9.59 Å². The summed E-state index contributed by atoms with van der Waals surface area (Å²) in [4.78, 5) is 51.6. The van der Waals surface area contributed by atoms with Crippen LogP contribution in [0.2, 0.25) is 0 Å². The van der Waals surface area contributed by atoms with Crippen molar-refractivity contribution in [2.24, 2.45) is 5.73 Å². The molecule has 0 saturated carbocycles. The predicted octanol–water partition coefficient (Wildman–Crippen LogP) is -0.247. The average Bonchev–Trinajstić information content (AvgIpc) is 3.11. The van der Waals surface area contributed by atoms with Crippen molar-refractivity contribution in [3.63, 3.8) is 0 Å². The van der Waals surface area contributed by atoms with Crippen LogP contribution in [-0.2, 0) is 9.53 Å². The summed E-state index contributed by atoms with van der Waals surface area (Å²) in [5, 5.41) is 15.6. The first kappa shape index (κ1) is 20.3. The largest absolute Gasteiger partial charge is 0.477 e. The minimum absolute atomic E-state index is 0.0295. The van der Waals surface area contributed by atoms with Crippen LogP contribution >= 0.6 is 0 Å². The number of methoxy groups -OCH3 is 1. The number of carboxylic acid groups (broad SMARTS) is 1. The molecule has 2 heterocycles. The standard InChI is InChI=1S/C18H16N6O6/c1-30-18(29)9-4-2-8(3-5-9)13(14(20)25)23-16(26)11-6-12(17(27)28)24-15(22-11)10(19)7-21-24/h2-7,13H,19H2,1H3,(H2,20,25)(H,23,26)(H,27,28)/t13-/m1/s1. The lowest BCUT2D eigenvalue weighted by Crippen LogP contribution is -2.38. The smallest absolute Gasteiger partial charge is 0.354 e. The van der Waals surface area contributed by atoms with Gasteiger partial charge in [0.25, 0.3) is 5.91 Å². The van der Waals surface area contributed by atoms with Crippen LogP contribution in [0.15, 0.2) is 36.5 Å². The van der Waals surface area contributed by atoms with E-state index in [-0.39, 0.29) is 28.3 Å². The highest BCUT2D eigenvalue weighted by Crippen LogP contribution is 2.17. The number of anilines is 1. The molecule has 12 heteroatoms. The molecular weight excluding hydrogens is 396 g/mol. The molecule has 1 aromatic carbocycles.